The highest BCUT2D eigenvalue weighted by Crippen LogP contribution is 2.26. The molecule has 1 N–H and O–H groups in total. The van der Waals surface area contributed by atoms with Gasteiger partial charge in [-0.1, -0.05) is 44.3 Å². The van der Waals surface area contributed by atoms with Crippen LogP contribution in [0.25, 0.3) is 0 Å². The molecular weight excluding hydrogens is 198 g/mol. The molecule has 0 heterocycles. The minimum Gasteiger partial charge on any atom is -0.383 e. The fraction of sp³-hybridized carbons (Fsp3) is 0.857. The number of methoxy groups -OCH3 is 1. The van der Waals surface area contributed by atoms with Crippen molar-refractivity contribution >= 4 is 0 Å². The molecule has 1 saturated carbocycles. The van der Waals surface area contributed by atoms with Crippen LogP contribution in [0.15, 0.2) is 12.2 Å². The topological polar surface area (TPSA) is 21.3 Å². The lowest BCUT2D eigenvalue weighted by Gasteiger charge is -2.19. The Balaban J connectivity index is 1.87. The maximum atomic E-state index is 4.97. The van der Waals surface area contributed by atoms with Crippen molar-refractivity contribution in [2.24, 2.45) is 5.92 Å². The molecule has 0 unspecified atom stereocenters. The molecule has 2 nitrogen and oxygen atoms in total. The second-order valence-corrected chi connectivity index (χ2v) is 4.74. The van der Waals surface area contributed by atoms with Crippen LogP contribution in [0.2, 0.25) is 0 Å². The van der Waals surface area contributed by atoms with Crippen molar-refractivity contribution < 1.29 is 4.74 Å². The van der Waals surface area contributed by atoms with Crippen molar-refractivity contribution in [2.75, 3.05) is 26.8 Å². The Morgan fingerprint density at radius 2 is 1.94 bits per heavy atom. The van der Waals surface area contributed by atoms with Gasteiger partial charge in [0, 0.05) is 13.7 Å². The van der Waals surface area contributed by atoms with E-state index in [-0.39, 0.29) is 0 Å². The quantitative estimate of drug-likeness (QED) is 0.506. The summed E-state index contributed by atoms with van der Waals surface area (Å²) in [6.07, 6.45) is 14.4. The van der Waals surface area contributed by atoms with E-state index < -0.39 is 0 Å². The molecule has 0 bridgehead atoms. The summed E-state index contributed by atoms with van der Waals surface area (Å²) in [6, 6.07) is 0. The van der Waals surface area contributed by atoms with Gasteiger partial charge >= 0.3 is 0 Å². The van der Waals surface area contributed by atoms with E-state index in [0.717, 1.165) is 32.0 Å². The molecule has 0 aromatic heterocycles. The van der Waals surface area contributed by atoms with Crippen LogP contribution in [-0.4, -0.2) is 26.8 Å². The molecule has 94 valence electrons. The molecule has 1 aliphatic rings. The minimum atomic E-state index is 0.811. The average Bonchev–Trinajstić information content (AvgIpc) is 2.34. The summed E-state index contributed by atoms with van der Waals surface area (Å²) in [5.74, 6) is 0.978. The molecule has 0 spiro atoms. The Labute approximate surface area is 100 Å². The van der Waals surface area contributed by atoms with Gasteiger partial charge in [-0.05, 0) is 25.3 Å². The molecule has 0 aromatic carbocycles. The van der Waals surface area contributed by atoms with Gasteiger partial charge in [0.25, 0.3) is 0 Å². The van der Waals surface area contributed by atoms with Gasteiger partial charge in [0.2, 0.25) is 0 Å². The minimum absolute atomic E-state index is 0.811. The summed E-state index contributed by atoms with van der Waals surface area (Å²) >= 11 is 0. The molecule has 0 saturated heterocycles. The van der Waals surface area contributed by atoms with E-state index in [1.807, 2.05) is 0 Å². The molecule has 0 aliphatic heterocycles. The van der Waals surface area contributed by atoms with Gasteiger partial charge in [-0.15, -0.1) is 0 Å². The van der Waals surface area contributed by atoms with Crippen LogP contribution in [0.5, 0.6) is 0 Å². The molecule has 0 radical (unpaired) electrons. The fourth-order valence-electron chi connectivity index (χ4n) is 2.31. The first kappa shape index (κ1) is 13.7. The normalized spacial score (nSPS) is 18.3. The van der Waals surface area contributed by atoms with Crippen LogP contribution >= 0.6 is 0 Å². The summed E-state index contributed by atoms with van der Waals surface area (Å²) in [7, 11) is 1.74. The summed E-state index contributed by atoms with van der Waals surface area (Å²) in [6.45, 7) is 2.85. The molecule has 16 heavy (non-hydrogen) atoms. The van der Waals surface area contributed by atoms with Crippen molar-refractivity contribution in [3.8, 4) is 0 Å². The Hall–Kier alpha value is -0.340. The highest BCUT2D eigenvalue weighted by atomic mass is 16.5. The highest BCUT2D eigenvalue weighted by molar-refractivity contribution is 4.85. The van der Waals surface area contributed by atoms with E-state index in [1.165, 1.54) is 38.5 Å². The number of ether oxygens (including phenoxy) is 1. The molecule has 1 fully saturated rings. The smallest absolute Gasteiger partial charge is 0.0587 e. The maximum Gasteiger partial charge on any atom is 0.0587 e. The highest BCUT2D eigenvalue weighted by Gasteiger charge is 2.10. The predicted octanol–water partition coefficient (Wildman–Crippen LogP) is 3.14. The average molecular weight is 225 g/mol. The third kappa shape index (κ3) is 7.02. The Bertz CT molecular complexity index is 174. The van der Waals surface area contributed by atoms with Crippen molar-refractivity contribution in [3.05, 3.63) is 12.2 Å². The standard InChI is InChI=1S/C14H27NO/c1-16-13-12-15-11-7-3-6-10-14-8-4-2-5-9-14/h3,6,14-15H,2,4-5,7-13H2,1H3. The second-order valence-electron chi connectivity index (χ2n) is 4.74. The van der Waals surface area contributed by atoms with Crippen molar-refractivity contribution in [2.45, 2.75) is 44.9 Å². The van der Waals surface area contributed by atoms with Gasteiger partial charge in [-0.25, -0.2) is 0 Å². The number of hydrogen-bond acceptors (Lipinski definition) is 2. The van der Waals surface area contributed by atoms with E-state index in [9.17, 15) is 0 Å². The lowest BCUT2D eigenvalue weighted by atomic mass is 9.87. The van der Waals surface area contributed by atoms with Crippen LogP contribution in [0.4, 0.5) is 0 Å². The monoisotopic (exact) mass is 225 g/mol. The predicted molar refractivity (Wildman–Crippen MR) is 69.7 cm³/mol. The van der Waals surface area contributed by atoms with Crippen LogP contribution in [0.3, 0.4) is 0 Å². The lowest BCUT2D eigenvalue weighted by Crippen LogP contribution is -2.19. The fourth-order valence-corrected chi connectivity index (χ4v) is 2.31. The van der Waals surface area contributed by atoms with Gasteiger partial charge in [-0.3, -0.25) is 0 Å². The Kier molecular flexibility index (Phi) is 8.45. The first-order chi connectivity index (χ1) is 7.93. The van der Waals surface area contributed by atoms with Crippen LogP contribution in [0, 0.1) is 5.92 Å². The van der Waals surface area contributed by atoms with Gasteiger partial charge < -0.3 is 10.1 Å². The van der Waals surface area contributed by atoms with Crippen LogP contribution in [-0.2, 0) is 4.74 Å². The SMILES string of the molecule is COCCNCCC=CCC1CCCCC1. The third-order valence-electron chi connectivity index (χ3n) is 3.33. The number of nitrogens with one attached hydrogen (secondary N) is 1. The van der Waals surface area contributed by atoms with E-state index in [4.69, 9.17) is 4.74 Å². The largest absolute Gasteiger partial charge is 0.383 e. The van der Waals surface area contributed by atoms with E-state index in [2.05, 4.69) is 17.5 Å². The summed E-state index contributed by atoms with van der Waals surface area (Å²) in [4.78, 5) is 0. The Morgan fingerprint density at radius 1 is 1.12 bits per heavy atom. The summed E-state index contributed by atoms with van der Waals surface area (Å²) < 4.78 is 4.97. The van der Waals surface area contributed by atoms with E-state index in [0.29, 0.717) is 0 Å². The van der Waals surface area contributed by atoms with Crippen molar-refractivity contribution in [1.29, 1.82) is 0 Å². The number of hydrogen-bond donors (Lipinski definition) is 1. The zero-order chi connectivity index (χ0) is 11.5. The second kappa shape index (κ2) is 9.86. The molecule has 0 aromatic rings. The van der Waals surface area contributed by atoms with Crippen molar-refractivity contribution in [1.82, 2.24) is 5.32 Å². The number of allylic oxidation sites excluding steroid dienone is 1. The zero-order valence-electron chi connectivity index (χ0n) is 10.7. The van der Waals surface area contributed by atoms with Crippen LogP contribution in [0.1, 0.15) is 44.9 Å². The third-order valence-corrected chi connectivity index (χ3v) is 3.33. The Morgan fingerprint density at radius 3 is 2.69 bits per heavy atom. The molecule has 0 amide bonds. The van der Waals surface area contributed by atoms with Gasteiger partial charge in [0.1, 0.15) is 0 Å². The maximum absolute atomic E-state index is 4.97. The summed E-state index contributed by atoms with van der Waals surface area (Å²) in [5, 5.41) is 3.35. The summed E-state index contributed by atoms with van der Waals surface area (Å²) in [5.41, 5.74) is 0. The molecular formula is C14H27NO. The first-order valence-corrected chi connectivity index (χ1v) is 6.78. The van der Waals surface area contributed by atoms with Gasteiger partial charge in [0.05, 0.1) is 6.61 Å². The molecule has 1 rings (SSSR count). The molecule has 2 heteroatoms. The van der Waals surface area contributed by atoms with Gasteiger partial charge in [0.15, 0.2) is 0 Å². The zero-order valence-corrected chi connectivity index (χ0v) is 10.7. The van der Waals surface area contributed by atoms with Crippen LogP contribution < -0.4 is 5.32 Å². The first-order valence-electron chi connectivity index (χ1n) is 6.78. The molecule has 0 atom stereocenters. The van der Waals surface area contributed by atoms with Gasteiger partial charge in [-0.2, -0.15) is 0 Å². The van der Waals surface area contributed by atoms with E-state index in [1.54, 1.807) is 7.11 Å². The lowest BCUT2D eigenvalue weighted by molar-refractivity contribution is 0.199. The van der Waals surface area contributed by atoms with E-state index >= 15 is 0 Å². The van der Waals surface area contributed by atoms with Crippen molar-refractivity contribution in [3.63, 3.8) is 0 Å². The molecule has 1 aliphatic carbocycles. The number of rotatable bonds is 8.